The molecule has 154 valence electrons. The molecule has 0 aliphatic carbocycles. The van der Waals surface area contributed by atoms with Crippen molar-refractivity contribution in [2.45, 2.75) is 42.7 Å². The Bertz CT molecular complexity index is 824. The van der Waals surface area contributed by atoms with Gasteiger partial charge in [-0.1, -0.05) is 54.7 Å². The fraction of sp³-hybridized carbons (Fsp3) is 0.611. The summed E-state index contributed by atoms with van der Waals surface area (Å²) in [5, 5.41) is 6.11. The number of fused-ring (bicyclic) bond motifs is 4. The number of nitrogens with one attached hydrogen (secondary N) is 2. The molecule has 2 aliphatic rings. The van der Waals surface area contributed by atoms with Gasteiger partial charge in [-0.25, -0.2) is 0 Å². The van der Waals surface area contributed by atoms with Gasteiger partial charge in [0, 0.05) is 43.2 Å². The third-order valence-electron chi connectivity index (χ3n) is 5.17. The van der Waals surface area contributed by atoms with Crippen LogP contribution in [-0.4, -0.2) is 43.5 Å². The minimum atomic E-state index is -1.76. The van der Waals surface area contributed by atoms with E-state index in [-0.39, 0.29) is 23.3 Å². The summed E-state index contributed by atoms with van der Waals surface area (Å²) >= 11 is 23.7. The summed E-state index contributed by atoms with van der Waals surface area (Å²) in [5.41, 5.74) is 1.07. The monoisotopic (exact) mass is 464 g/mol. The molecule has 3 rings (SSSR count). The molecule has 1 unspecified atom stereocenters. The average Bonchev–Trinajstić information content (AvgIpc) is 2.61. The molecule has 0 radical (unpaired) electrons. The van der Waals surface area contributed by atoms with E-state index in [1.807, 2.05) is 15.5 Å². The number of hydrogen-bond donors (Lipinski definition) is 2. The van der Waals surface area contributed by atoms with Crippen molar-refractivity contribution >= 4 is 58.0 Å². The minimum Gasteiger partial charge on any atom is -0.348 e. The number of aromatic nitrogens is 1. The zero-order valence-electron chi connectivity index (χ0n) is 15.6. The molecule has 2 bridgehead atoms. The molecule has 1 fully saturated rings. The zero-order valence-corrected chi connectivity index (χ0v) is 18.7. The number of halogens is 3. The normalized spacial score (nSPS) is 22.4. The van der Waals surface area contributed by atoms with Crippen molar-refractivity contribution in [3.63, 3.8) is 0 Å². The highest BCUT2D eigenvalue weighted by molar-refractivity contribution is 7.80. The maximum Gasteiger partial charge on any atom is 0.250 e. The standard InChI is InChI=1S/C18H23Cl3N4O2S/c1-10(2)15(27)22-16(18(19,20)21)23-17(28)24-7-11-6-12(9-24)13-4-3-5-14(26)25(13)8-11/h3-5,10-12,16H,6-9H2,1-2H3,(H,22,27)(H,23,28)/t11-,12+,16?/m1/s1. The highest BCUT2D eigenvalue weighted by Crippen LogP contribution is 2.35. The van der Waals surface area contributed by atoms with Crippen LogP contribution >= 0.6 is 47.0 Å². The van der Waals surface area contributed by atoms with E-state index in [0.717, 1.165) is 12.1 Å². The van der Waals surface area contributed by atoms with Crippen molar-refractivity contribution in [2.24, 2.45) is 11.8 Å². The third kappa shape index (κ3) is 4.75. The van der Waals surface area contributed by atoms with Gasteiger partial charge in [0.1, 0.15) is 6.17 Å². The first-order chi connectivity index (χ1) is 13.1. The zero-order chi connectivity index (χ0) is 20.6. The Hall–Kier alpha value is -1.02. The number of likely N-dealkylation sites (tertiary alicyclic amines) is 1. The van der Waals surface area contributed by atoms with Crippen molar-refractivity contribution in [1.29, 1.82) is 0 Å². The van der Waals surface area contributed by atoms with E-state index in [9.17, 15) is 9.59 Å². The first-order valence-corrected chi connectivity index (χ1v) is 10.7. The maximum atomic E-state index is 12.2. The molecule has 1 amide bonds. The summed E-state index contributed by atoms with van der Waals surface area (Å²) in [7, 11) is 0. The Balaban J connectivity index is 1.73. The lowest BCUT2D eigenvalue weighted by Gasteiger charge is -2.44. The van der Waals surface area contributed by atoms with E-state index < -0.39 is 9.96 Å². The lowest BCUT2D eigenvalue weighted by Crippen LogP contribution is -2.60. The van der Waals surface area contributed by atoms with Crippen LogP contribution in [0.2, 0.25) is 0 Å². The van der Waals surface area contributed by atoms with Crippen LogP contribution in [0.25, 0.3) is 0 Å². The average molecular weight is 466 g/mol. The van der Waals surface area contributed by atoms with E-state index in [0.29, 0.717) is 30.7 Å². The van der Waals surface area contributed by atoms with Gasteiger partial charge in [-0.05, 0) is 30.6 Å². The van der Waals surface area contributed by atoms with Gasteiger partial charge in [-0.2, -0.15) is 0 Å². The number of carbonyl (C=O) groups excluding carboxylic acids is 1. The third-order valence-corrected chi connectivity index (χ3v) is 6.20. The number of carbonyl (C=O) groups is 1. The molecule has 3 atom stereocenters. The molecule has 0 saturated carbocycles. The van der Waals surface area contributed by atoms with Gasteiger partial charge in [-0.15, -0.1) is 0 Å². The Morgan fingerprint density at radius 1 is 1.21 bits per heavy atom. The van der Waals surface area contributed by atoms with Crippen LogP contribution in [0.4, 0.5) is 0 Å². The van der Waals surface area contributed by atoms with Crippen LogP contribution in [0, 0.1) is 11.8 Å². The number of pyridine rings is 1. The number of hydrogen-bond acceptors (Lipinski definition) is 3. The summed E-state index contributed by atoms with van der Waals surface area (Å²) in [5.74, 6) is 0.0185. The van der Waals surface area contributed by atoms with Gasteiger partial charge in [0.15, 0.2) is 5.11 Å². The molecule has 1 saturated heterocycles. The Kier molecular flexibility index (Phi) is 6.49. The Morgan fingerprint density at radius 3 is 2.57 bits per heavy atom. The predicted octanol–water partition coefficient (Wildman–Crippen LogP) is 2.61. The molecule has 10 heteroatoms. The lowest BCUT2D eigenvalue weighted by molar-refractivity contribution is -0.124. The minimum absolute atomic E-state index is 0.0361. The first-order valence-electron chi connectivity index (χ1n) is 9.18. The van der Waals surface area contributed by atoms with Gasteiger partial charge in [0.05, 0.1) is 0 Å². The summed E-state index contributed by atoms with van der Waals surface area (Å²) in [6.07, 6.45) is 0.0668. The topological polar surface area (TPSA) is 66.4 Å². The van der Waals surface area contributed by atoms with Crippen molar-refractivity contribution in [1.82, 2.24) is 20.1 Å². The number of rotatable bonds is 3. The summed E-state index contributed by atoms with van der Waals surface area (Å²) in [6.45, 7) is 5.55. The molecule has 6 nitrogen and oxygen atoms in total. The fourth-order valence-electron chi connectivity index (χ4n) is 3.79. The maximum absolute atomic E-state index is 12.2. The van der Waals surface area contributed by atoms with E-state index in [1.54, 1.807) is 26.0 Å². The van der Waals surface area contributed by atoms with Gasteiger partial charge < -0.3 is 20.1 Å². The smallest absolute Gasteiger partial charge is 0.250 e. The molecule has 28 heavy (non-hydrogen) atoms. The van der Waals surface area contributed by atoms with Gasteiger partial charge >= 0.3 is 0 Å². The number of amides is 1. The first kappa shape index (κ1) is 21.7. The number of nitrogens with zero attached hydrogens (tertiary/aromatic N) is 2. The molecule has 1 aromatic heterocycles. The quantitative estimate of drug-likeness (QED) is 0.408. The lowest BCUT2D eigenvalue weighted by atomic mass is 9.83. The molecular weight excluding hydrogens is 443 g/mol. The van der Waals surface area contributed by atoms with Crippen molar-refractivity contribution in [2.75, 3.05) is 13.1 Å². The summed E-state index contributed by atoms with van der Waals surface area (Å²) in [6, 6.07) is 5.39. The van der Waals surface area contributed by atoms with Crippen molar-refractivity contribution < 1.29 is 4.79 Å². The van der Waals surface area contributed by atoms with Crippen LogP contribution in [0.5, 0.6) is 0 Å². The van der Waals surface area contributed by atoms with Crippen LogP contribution in [-0.2, 0) is 11.3 Å². The highest BCUT2D eigenvalue weighted by atomic mass is 35.6. The summed E-state index contributed by atoms with van der Waals surface area (Å²) in [4.78, 5) is 26.2. The largest absolute Gasteiger partial charge is 0.348 e. The summed E-state index contributed by atoms with van der Waals surface area (Å²) < 4.78 is 0.0970. The second kappa shape index (κ2) is 8.38. The van der Waals surface area contributed by atoms with E-state index >= 15 is 0 Å². The van der Waals surface area contributed by atoms with Crippen molar-refractivity contribution in [3.05, 3.63) is 34.2 Å². The molecular formula is C18H23Cl3N4O2S. The Morgan fingerprint density at radius 2 is 1.93 bits per heavy atom. The predicted molar refractivity (Wildman–Crippen MR) is 116 cm³/mol. The number of alkyl halides is 3. The SMILES string of the molecule is CC(C)C(=O)NC(NC(=S)N1C[C@H]2C[C@@H](C1)c1cccc(=O)n1C2)C(Cl)(Cl)Cl. The molecule has 0 spiro atoms. The van der Waals surface area contributed by atoms with Gasteiger partial charge in [0.25, 0.3) is 5.56 Å². The van der Waals surface area contributed by atoms with E-state index in [4.69, 9.17) is 47.0 Å². The van der Waals surface area contributed by atoms with E-state index in [2.05, 4.69) is 10.6 Å². The van der Waals surface area contributed by atoms with Crippen LogP contribution in [0.15, 0.2) is 23.0 Å². The number of piperidine rings is 1. The molecule has 2 aliphatic heterocycles. The van der Waals surface area contributed by atoms with E-state index in [1.165, 1.54) is 0 Å². The molecule has 0 aromatic carbocycles. The Labute approximate surface area is 184 Å². The van der Waals surface area contributed by atoms with Crippen molar-refractivity contribution in [3.8, 4) is 0 Å². The van der Waals surface area contributed by atoms with Crippen LogP contribution < -0.4 is 16.2 Å². The van der Waals surface area contributed by atoms with Gasteiger partial charge in [-0.3, -0.25) is 9.59 Å². The second-order valence-corrected chi connectivity index (χ2v) is 10.4. The number of thiocarbonyl (C=S) groups is 1. The van der Waals surface area contributed by atoms with Crippen LogP contribution in [0.1, 0.15) is 31.9 Å². The second-order valence-electron chi connectivity index (χ2n) is 7.69. The van der Waals surface area contributed by atoms with Gasteiger partial charge in [0.2, 0.25) is 9.70 Å². The fourth-order valence-corrected chi connectivity index (χ4v) is 4.38. The molecule has 1 aromatic rings. The molecule has 3 heterocycles. The van der Waals surface area contributed by atoms with Crippen LogP contribution in [0.3, 0.4) is 0 Å². The highest BCUT2D eigenvalue weighted by Gasteiger charge is 2.39. The molecule has 2 N–H and O–H groups in total.